The number of nitrogens with two attached hydrogens (primary N) is 1. The minimum absolute atomic E-state index is 0.611. The van der Waals surface area contributed by atoms with Gasteiger partial charge in [-0.2, -0.15) is 0 Å². The van der Waals surface area contributed by atoms with Gasteiger partial charge in [0, 0.05) is 6.26 Å². The third kappa shape index (κ3) is 215. The van der Waals surface area contributed by atoms with Crippen molar-refractivity contribution in [3.63, 3.8) is 0 Å². The molecule has 0 fully saturated rings. The van der Waals surface area contributed by atoms with E-state index in [1.807, 2.05) is 0 Å². The lowest BCUT2D eigenvalue weighted by Crippen LogP contribution is -1.93. The van der Waals surface area contributed by atoms with E-state index in [-0.39, 0.29) is 0 Å². The second kappa shape index (κ2) is 1.43. The SMILES string of the molecule is CS(=N)N. The first-order valence-corrected chi connectivity index (χ1v) is 2.54. The molecule has 4 heavy (non-hydrogen) atoms. The zero-order valence-electron chi connectivity index (χ0n) is 2.49. The van der Waals surface area contributed by atoms with Crippen molar-refractivity contribution >= 4 is 10.9 Å². The molecule has 3 N–H and O–H groups in total. The normalized spacial score (nSPS) is 15.5. The topological polar surface area (TPSA) is 49.9 Å². The van der Waals surface area contributed by atoms with Crippen LogP contribution in [0.2, 0.25) is 0 Å². The Bertz CT molecular complexity index is 29.0. The highest BCUT2D eigenvalue weighted by Crippen LogP contribution is 1.41. The average molecular weight is 78.1 g/mol. The van der Waals surface area contributed by atoms with E-state index in [2.05, 4.69) is 0 Å². The number of hydrogen-bond acceptors (Lipinski definition) is 1. The molecule has 0 bridgehead atoms. The van der Waals surface area contributed by atoms with E-state index in [1.165, 1.54) is 0 Å². The molecule has 0 saturated heterocycles. The van der Waals surface area contributed by atoms with Gasteiger partial charge in [0.15, 0.2) is 0 Å². The molecule has 0 spiro atoms. The van der Waals surface area contributed by atoms with Gasteiger partial charge >= 0.3 is 0 Å². The molecule has 0 aliphatic carbocycles. The van der Waals surface area contributed by atoms with Crippen molar-refractivity contribution in [1.29, 1.82) is 4.78 Å². The maximum atomic E-state index is 6.39. The average Bonchev–Trinajstić information content (AvgIpc) is 0.811. The van der Waals surface area contributed by atoms with Crippen LogP contribution in [0.15, 0.2) is 0 Å². The summed E-state index contributed by atoms with van der Waals surface area (Å²) in [6, 6.07) is 0. The van der Waals surface area contributed by atoms with Crippen LogP contribution in [-0.4, -0.2) is 6.26 Å². The molecule has 26 valence electrons. The minimum atomic E-state index is -0.611. The summed E-state index contributed by atoms with van der Waals surface area (Å²) in [5.74, 6) is 0. The Morgan fingerprint density at radius 1 is 2.00 bits per heavy atom. The predicted octanol–water partition coefficient (Wildman–Crippen LogP) is -0.129. The fourth-order valence-electron chi connectivity index (χ4n) is 0. The summed E-state index contributed by atoms with van der Waals surface area (Å²) in [7, 11) is -0.611. The molecule has 0 radical (unpaired) electrons. The zero-order chi connectivity index (χ0) is 3.58. The summed E-state index contributed by atoms with van der Waals surface area (Å²) >= 11 is 0. The molecule has 0 aliphatic rings. The van der Waals surface area contributed by atoms with Gasteiger partial charge in [0.2, 0.25) is 0 Å². The highest BCUT2D eigenvalue weighted by atomic mass is 32.2. The van der Waals surface area contributed by atoms with Crippen LogP contribution in [0.3, 0.4) is 0 Å². The maximum Gasteiger partial charge on any atom is 0.00594 e. The fourth-order valence-corrected chi connectivity index (χ4v) is 0. The Morgan fingerprint density at radius 2 is 2.00 bits per heavy atom. The molecule has 0 aromatic rings. The van der Waals surface area contributed by atoms with Crippen molar-refractivity contribution in [2.24, 2.45) is 5.14 Å². The molecule has 1 atom stereocenters. The Kier molecular flexibility index (Phi) is 1.47. The Balaban J connectivity index is 2.80. The van der Waals surface area contributed by atoms with Gasteiger partial charge in [-0.1, -0.05) is 0 Å². The molecule has 1 unspecified atom stereocenters. The third-order valence-electron chi connectivity index (χ3n) is 0. The Labute approximate surface area is 28.0 Å². The summed E-state index contributed by atoms with van der Waals surface area (Å²) in [6.45, 7) is 0. The second-order valence-corrected chi connectivity index (χ2v) is 1.67. The van der Waals surface area contributed by atoms with Crippen molar-refractivity contribution in [3.8, 4) is 0 Å². The molecular weight excluding hydrogens is 72.1 g/mol. The first kappa shape index (κ1) is 4.11. The molecule has 0 aromatic carbocycles. The monoisotopic (exact) mass is 78.0 g/mol. The largest absolute Gasteiger partial charge is 0.270 e. The van der Waals surface area contributed by atoms with Gasteiger partial charge in [-0.15, -0.1) is 0 Å². The fraction of sp³-hybridized carbons (Fsp3) is 1.00. The first-order valence-electron chi connectivity index (χ1n) is 0.848. The molecule has 0 heterocycles. The molecule has 0 amide bonds. The number of nitrogens with one attached hydrogen (secondary N) is 1. The van der Waals surface area contributed by atoms with Gasteiger partial charge in [-0.05, 0) is 10.9 Å². The lowest BCUT2D eigenvalue weighted by Gasteiger charge is -1.69. The maximum absolute atomic E-state index is 6.39. The van der Waals surface area contributed by atoms with Gasteiger partial charge in [0.1, 0.15) is 0 Å². The van der Waals surface area contributed by atoms with Crippen LogP contribution in [0.5, 0.6) is 0 Å². The second-order valence-electron chi connectivity index (χ2n) is 0.558. The summed E-state index contributed by atoms with van der Waals surface area (Å²) < 4.78 is 6.39. The van der Waals surface area contributed by atoms with Crippen LogP contribution in [0, 0.1) is 4.78 Å². The molecule has 0 aromatic heterocycles. The van der Waals surface area contributed by atoms with Gasteiger partial charge in [-0.3, -0.25) is 9.92 Å². The van der Waals surface area contributed by atoms with E-state index in [9.17, 15) is 0 Å². The lowest BCUT2D eigenvalue weighted by atomic mass is 12.0. The van der Waals surface area contributed by atoms with Gasteiger partial charge < -0.3 is 0 Å². The highest BCUT2D eigenvalue weighted by molar-refractivity contribution is 7.82. The van der Waals surface area contributed by atoms with Crippen molar-refractivity contribution in [2.75, 3.05) is 6.26 Å². The van der Waals surface area contributed by atoms with Crippen LogP contribution in [0.4, 0.5) is 0 Å². The Morgan fingerprint density at radius 3 is 2.00 bits per heavy atom. The molecule has 3 heteroatoms. The smallest absolute Gasteiger partial charge is 0.00594 e. The summed E-state index contributed by atoms with van der Waals surface area (Å²) in [4.78, 5) is 0. The van der Waals surface area contributed by atoms with Crippen molar-refractivity contribution in [1.82, 2.24) is 0 Å². The molecule has 0 aliphatic heterocycles. The quantitative estimate of drug-likeness (QED) is 0.416. The first-order chi connectivity index (χ1) is 1.73. The summed E-state index contributed by atoms with van der Waals surface area (Å²) in [5, 5.41) is 4.81. The van der Waals surface area contributed by atoms with E-state index in [4.69, 9.17) is 9.92 Å². The number of rotatable bonds is 0. The highest BCUT2D eigenvalue weighted by Gasteiger charge is 1.49. The van der Waals surface area contributed by atoms with E-state index < -0.39 is 10.9 Å². The molecule has 0 rings (SSSR count). The number of hydrogen-bond donors (Lipinski definition) is 2. The zero-order valence-corrected chi connectivity index (χ0v) is 3.30. The van der Waals surface area contributed by atoms with Crippen LogP contribution in [0.1, 0.15) is 0 Å². The van der Waals surface area contributed by atoms with Crippen molar-refractivity contribution in [2.45, 2.75) is 0 Å². The molecule has 0 saturated carbocycles. The molecule has 2 nitrogen and oxygen atoms in total. The van der Waals surface area contributed by atoms with Gasteiger partial charge in [0.05, 0.1) is 0 Å². The van der Waals surface area contributed by atoms with E-state index in [0.29, 0.717) is 0 Å². The lowest BCUT2D eigenvalue weighted by molar-refractivity contribution is 1.61. The van der Waals surface area contributed by atoms with Gasteiger partial charge in [-0.25, -0.2) is 0 Å². The summed E-state index contributed by atoms with van der Waals surface area (Å²) in [5.41, 5.74) is 0. The third-order valence-corrected chi connectivity index (χ3v) is 0. The van der Waals surface area contributed by atoms with Crippen LogP contribution in [0.25, 0.3) is 0 Å². The van der Waals surface area contributed by atoms with E-state index in [0.717, 1.165) is 0 Å². The minimum Gasteiger partial charge on any atom is -0.270 e. The standard InChI is InChI=1S/CH6N2S/c1-4(2)3/h1H3,(H3,2,3). The van der Waals surface area contributed by atoms with E-state index in [1.54, 1.807) is 6.26 Å². The van der Waals surface area contributed by atoms with Crippen LogP contribution < -0.4 is 5.14 Å². The van der Waals surface area contributed by atoms with Crippen molar-refractivity contribution in [3.05, 3.63) is 0 Å². The Hall–Kier alpha value is 0.110. The molecular formula is CH6N2S. The van der Waals surface area contributed by atoms with Crippen LogP contribution in [-0.2, 0) is 10.9 Å². The van der Waals surface area contributed by atoms with Crippen LogP contribution >= 0.6 is 0 Å². The predicted molar refractivity (Wildman–Crippen MR) is 20.2 cm³/mol. The van der Waals surface area contributed by atoms with E-state index >= 15 is 0 Å². The van der Waals surface area contributed by atoms with Gasteiger partial charge in [0.25, 0.3) is 0 Å². The summed E-state index contributed by atoms with van der Waals surface area (Å²) in [6.07, 6.45) is 1.64. The van der Waals surface area contributed by atoms with Crippen molar-refractivity contribution < 1.29 is 0 Å².